The third-order valence-corrected chi connectivity index (χ3v) is 16.1. The molecule has 0 aromatic heterocycles. The SMILES string of the molecule is CO[C@H](C(=O)[C@@H](O)[C@@H](C)O)[C@@H]1Cc2cc3cc(O[C@H]4C[C@H](O[C@H]5C[C@@H](OC(C)=O)[C@H](O)[C@@H](C)O5)[C@H](O)[C@@H](C)O4)c(C)c(O)c3c(O)c2C(=O)[C@H]1O[C@H]1C[C@@H](O[C@@H]2C[C@@H](O)[C@@H](O[C@H]3C[C@](C)(O)[C@H](O)[C@@H](C)O3)[C@@H](C)O2)[C@H](O)[C@@H](C)O1. The molecule has 1 aliphatic carbocycles. The minimum atomic E-state index is -1.95. The zero-order chi connectivity index (χ0) is 57.8. The van der Waals surface area contributed by atoms with E-state index in [4.69, 9.17) is 56.8 Å². The molecular formula is C54H78O25. The van der Waals surface area contributed by atoms with Crippen LogP contribution in [0.2, 0.25) is 0 Å². The van der Waals surface area contributed by atoms with Gasteiger partial charge in [-0.2, -0.15) is 0 Å². The Morgan fingerprint density at radius 2 is 1.24 bits per heavy atom. The van der Waals surface area contributed by atoms with Crippen LogP contribution in [0, 0.1) is 12.8 Å². The number of aromatic hydroxyl groups is 2. The molecule has 5 aliphatic heterocycles. The fraction of sp³-hybridized carbons (Fsp3) is 0.759. The normalized spacial score (nSPS) is 41.2. The number of benzene rings is 2. The van der Waals surface area contributed by atoms with Crippen LogP contribution in [0.15, 0.2) is 12.1 Å². The number of hydrogen-bond acceptors (Lipinski definition) is 25. The van der Waals surface area contributed by atoms with E-state index in [1.807, 2.05) is 0 Å². The van der Waals surface area contributed by atoms with Gasteiger partial charge in [0.2, 0.25) is 6.29 Å². The maximum atomic E-state index is 15.0. The third-order valence-electron chi connectivity index (χ3n) is 16.1. The fourth-order valence-electron chi connectivity index (χ4n) is 11.7. The number of fused-ring (bicyclic) bond motifs is 2. The standard InChI is InChI=1S/C54H78O25/c1-19-31(75-36-16-33(45(61)22(4)69-36)77-37-15-32(74-26(8)56)44(60)21(3)70-37)13-28-11-27-12-29(51(68-10)49(65)43(59)20(2)55)52(48(64)41(27)47(63)40(28)42(19)58)78-38-17-34(46(62)23(5)71-38)76-35-14-30(57)50(24(6)72-35)79-39-18-54(9,67)53(66)25(7)73-39/h11,13,20-25,29-30,32-39,43-46,50-53,55,57-63,66-67H,12,14-18H2,1-10H3/t20-,21-,22-,23-,24-,25-,29+,30-,32-,33+,34-,35-,36+,37+,38+,39+,43+,44-,45-,46-,50+,51+,52+,53-,54+/m1/s1. The van der Waals surface area contributed by atoms with Crippen LogP contribution in [-0.4, -0.2) is 223 Å². The van der Waals surface area contributed by atoms with Crippen LogP contribution in [0.25, 0.3) is 10.8 Å². The molecule has 444 valence electrons. The number of ketones is 2. The molecule has 6 aliphatic rings. The lowest BCUT2D eigenvalue weighted by atomic mass is 9.75. The van der Waals surface area contributed by atoms with Crippen molar-refractivity contribution in [1.82, 2.24) is 0 Å². The van der Waals surface area contributed by atoms with E-state index in [1.54, 1.807) is 27.7 Å². The number of carbonyl (C=O) groups excluding carboxylic acids is 3. The van der Waals surface area contributed by atoms with Gasteiger partial charge in [0, 0.05) is 57.6 Å². The van der Waals surface area contributed by atoms with E-state index < -0.39 is 182 Å². The first-order valence-electron chi connectivity index (χ1n) is 26.9. The number of rotatable bonds is 16. The molecule has 25 atom stereocenters. The minimum absolute atomic E-state index is 0.0237. The van der Waals surface area contributed by atoms with Crippen molar-refractivity contribution < 1.29 is 122 Å². The number of aliphatic hydroxyl groups excluding tert-OH is 7. The van der Waals surface area contributed by atoms with Gasteiger partial charge in [0.25, 0.3) is 0 Å². The van der Waals surface area contributed by atoms with Crippen LogP contribution < -0.4 is 4.74 Å². The summed E-state index contributed by atoms with van der Waals surface area (Å²) in [5.41, 5.74) is -1.48. The van der Waals surface area contributed by atoms with Gasteiger partial charge < -0.3 is 108 Å². The number of phenols is 2. The molecule has 8 rings (SSSR count). The Balaban J connectivity index is 1.02. The molecule has 0 radical (unpaired) electrons. The molecule has 25 heteroatoms. The van der Waals surface area contributed by atoms with Gasteiger partial charge in [0.15, 0.2) is 36.7 Å². The highest BCUT2D eigenvalue weighted by molar-refractivity contribution is 6.11. The highest BCUT2D eigenvalue weighted by Crippen LogP contribution is 2.48. The smallest absolute Gasteiger partial charge is 0.302 e. The first-order valence-corrected chi connectivity index (χ1v) is 26.9. The third kappa shape index (κ3) is 12.9. The maximum absolute atomic E-state index is 15.0. The Kier molecular flexibility index (Phi) is 19.1. The molecule has 0 spiro atoms. The Morgan fingerprint density at radius 1 is 0.709 bits per heavy atom. The van der Waals surface area contributed by atoms with E-state index in [0.717, 1.165) is 0 Å². The summed E-state index contributed by atoms with van der Waals surface area (Å²) < 4.78 is 72.0. The van der Waals surface area contributed by atoms with Gasteiger partial charge in [-0.1, -0.05) is 0 Å². The topological polar surface area (TPSA) is 364 Å². The van der Waals surface area contributed by atoms with Crippen LogP contribution in [0.1, 0.15) is 109 Å². The molecule has 5 fully saturated rings. The highest BCUT2D eigenvalue weighted by Gasteiger charge is 2.52. The summed E-state index contributed by atoms with van der Waals surface area (Å²) in [6.07, 6.45) is -27.0. The predicted octanol–water partition coefficient (Wildman–Crippen LogP) is 0.322. The van der Waals surface area contributed by atoms with Crippen LogP contribution in [0.5, 0.6) is 17.2 Å². The lowest BCUT2D eigenvalue weighted by Gasteiger charge is -2.46. The maximum Gasteiger partial charge on any atom is 0.302 e. The molecule has 25 nitrogen and oxygen atoms in total. The second kappa shape index (κ2) is 24.6. The first-order chi connectivity index (χ1) is 37.1. The van der Waals surface area contributed by atoms with E-state index in [9.17, 15) is 60.7 Å². The van der Waals surface area contributed by atoms with Crippen molar-refractivity contribution in [3.63, 3.8) is 0 Å². The second-order valence-electron chi connectivity index (χ2n) is 22.3. The van der Waals surface area contributed by atoms with Crippen LogP contribution in [-0.2, 0) is 68.1 Å². The molecule has 0 amide bonds. The second-order valence-corrected chi connectivity index (χ2v) is 22.3. The molecule has 0 saturated carbocycles. The van der Waals surface area contributed by atoms with Gasteiger partial charge in [0.05, 0.1) is 71.5 Å². The zero-order valence-electron chi connectivity index (χ0n) is 45.8. The van der Waals surface area contributed by atoms with Crippen LogP contribution in [0.3, 0.4) is 0 Å². The zero-order valence-corrected chi connectivity index (χ0v) is 45.8. The van der Waals surface area contributed by atoms with E-state index >= 15 is 4.79 Å². The molecular weight excluding hydrogens is 1050 g/mol. The molecule has 5 heterocycles. The average Bonchev–Trinajstić information content (AvgIpc) is 3.49. The number of carbonyl (C=O) groups is 3. The van der Waals surface area contributed by atoms with Crippen molar-refractivity contribution >= 4 is 28.3 Å². The van der Waals surface area contributed by atoms with Crippen molar-refractivity contribution in [2.45, 2.75) is 248 Å². The van der Waals surface area contributed by atoms with Crippen LogP contribution >= 0.6 is 0 Å². The summed E-state index contributed by atoms with van der Waals surface area (Å²) in [6.45, 7) is 13.3. The summed E-state index contributed by atoms with van der Waals surface area (Å²) >= 11 is 0. The number of esters is 1. The Hall–Kier alpha value is -3.81. The minimum Gasteiger partial charge on any atom is -0.507 e. The van der Waals surface area contributed by atoms with Gasteiger partial charge in [-0.3, -0.25) is 14.4 Å². The van der Waals surface area contributed by atoms with Crippen molar-refractivity contribution in [2.75, 3.05) is 7.11 Å². The summed E-state index contributed by atoms with van der Waals surface area (Å²) in [5, 5.41) is 111. The van der Waals surface area contributed by atoms with E-state index in [1.165, 1.54) is 53.9 Å². The molecule has 10 N–H and O–H groups in total. The molecule has 2 aromatic carbocycles. The molecule has 5 saturated heterocycles. The quantitative estimate of drug-likeness (QED) is 0.101. The monoisotopic (exact) mass is 1130 g/mol. The molecule has 0 unspecified atom stereocenters. The van der Waals surface area contributed by atoms with Crippen LogP contribution in [0.4, 0.5) is 0 Å². The first kappa shape index (κ1) is 61.3. The van der Waals surface area contributed by atoms with Crippen molar-refractivity contribution in [3.05, 3.63) is 28.8 Å². The largest absolute Gasteiger partial charge is 0.507 e. The Morgan fingerprint density at radius 3 is 1.81 bits per heavy atom. The lowest BCUT2D eigenvalue weighted by Crippen LogP contribution is -2.58. The van der Waals surface area contributed by atoms with Gasteiger partial charge in [-0.25, -0.2) is 0 Å². The number of ether oxygens (including phenoxy) is 12. The number of methoxy groups -OCH3 is 1. The molecule has 0 bridgehead atoms. The van der Waals surface area contributed by atoms with E-state index in [2.05, 4.69) is 0 Å². The molecule has 79 heavy (non-hydrogen) atoms. The number of hydrogen-bond donors (Lipinski definition) is 10. The van der Waals surface area contributed by atoms with Gasteiger partial charge in [-0.15, -0.1) is 0 Å². The van der Waals surface area contributed by atoms with Crippen molar-refractivity contribution in [1.29, 1.82) is 0 Å². The number of phenolic OH excluding ortho intramolecular Hbond substituents is 2. The average molecular weight is 1130 g/mol. The molecule has 2 aromatic rings. The van der Waals surface area contributed by atoms with Crippen molar-refractivity contribution in [3.8, 4) is 17.2 Å². The predicted molar refractivity (Wildman–Crippen MR) is 268 cm³/mol. The summed E-state index contributed by atoms with van der Waals surface area (Å²) in [7, 11) is 1.18. The van der Waals surface area contributed by atoms with E-state index in [0.29, 0.717) is 0 Å². The van der Waals surface area contributed by atoms with Gasteiger partial charge >= 0.3 is 5.97 Å². The summed E-state index contributed by atoms with van der Waals surface area (Å²) in [5.74, 6) is -4.72. The summed E-state index contributed by atoms with van der Waals surface area (Å²) in [6, 6.07) is 3.02. The lowest BCUT2D eigenvalue weighted by molar-refractivity contribution is -0.337. The van der Waals surface area contributed by atoms with Crippen molar-refractivity contribution in [2.24, 2.45) is 5.92 Å². The number of aliphatic hydroxyl groups is 8. The van der Waals surface area contributed by atoms with Gasteiger partial charge in [0.1, 0.15) is 72.2 Å². The summed E-state index contributed by atoms with van der Waals surface area (Å²) in [4.78, 5) is 40.7. The van der Waals surface area contributed by atoms with E-state index in [-0.39, 0.29) is 71.7 Å². The highest BCUT2D eigenvalue weighted by atomic mass is 16.7. The Labute approximate surface area is 456 Å². The number of Topliss-reactive ketones (excluding diaryl/α,β-unsaturated/α-hetero) is 2. The van der Waals surface area contributed by atoms with Gasteiger partial charge in [-0.05, 0) is 84.9 Å². The Bertz CT molecular complexity index is 2480. The fourth-order valence-corrected chi connectivity index (χ4v) is 11.7.